The second-order valence-electron chi connectivity index (χ2n) is 5.34. The molecule has 0 N–H and O–H groups in total. The van der Waals surface area contributed by atoms with Gasteiger partial charge in [0.1, 0.15) is 17.9 Å². The van der Waals surface area contributed by atoms with E-state index in [9.17, 15) is 4.79 Å². The smallest absolute Gasteiger partial charge is 0.144 e. The van der Waals surface area contributed by atoms with Crippen molar-refractivity contribution >= 4 is 29.0 Å². The summed E-state index contributed by atoms with van der Waals surface area (Å²) in [6, 6.07) is 5.23. The highest BCUT2D eigenvalue weighted by molar-refractivity contribution is 6.36. The molecule has 0 bridgehead atoms. The number of halogens is 2. The normalized spacial score (nSPS) is 11.1. The Hall–Kier alpha value is -1.39. The first kappa shape index (κ1) is 16.0. The van der Waals surface area contributed by atoms with Crippen LogP contribution in [0.25, 0.3) is 0 Å². The highest BCUT2D eigenvalue weighted by Crippen LogP contribution is 2.25. The number of rotatable bonds is 6. The summed E-state index contributed by atoms with van der Waals surface area (Å²) in [6.07, 6.45) is 1.91. The van der Waals surface area contributed by atoms with Crippen LogP contribution in [0.1, 0.15) is 25.2 Å². The largest absolute Gasteiger partial charge is 0.299 e. The van der Waals surface area contributed by atoms with Crippen molar-refractivity contribution in [3.8, 4) is 0 Å². The average molecular weight is 326 g/mol. The fourth-order valence-electron chi connectivity index (χ4n) is 2.06. The molecule has 2 rings (SSSR count). The maximum absolute atomic E-state index is 12.2. The lowest BCUT2D eigenvalue weighted by Gasteiger charge is -2.09. The SMILES string of the molecule is CC(C)Cn1ncnc1CC(=O)Cc1c(Cl)cccc1Cl. The van der Waals surface area contributed by atoms with Gasteiger partial charge in [-0.25, -0.2) is 9.67 Å². The molecule has 2 aromatic rings. The quantitative estimate of drug-likeness (QED) is 0.815. The van der Waals surface area contributed by atoms with E-state index in [4.69, 9.17) is 23.2 Å². The van der Waals surface area contributed by atoms with Gasteiger partial charge in [0.15, 0.2) is 0 Å². The lowest BCUT2D eigenvalue weighted by atomic mass is 10.1. The monoisotopic (exact) mass is 325 g/mol. The minimum absolute atomic E-state index is 0.0167. The Bertz CT molecular complexity index is 617. The minimum atomic E-state index is 0.0167. The molecule has 0 spiro atoms. The van der Waals surface area contributed by atoms with E-state index in [0.29, 0.717) is 27.4 Å². The number of hydrogen-bond acceptors (Lipinski definition) is 3. The molecule has 1 aromatic heterocycles. The Kier molecular flexibility index (Phi) is 5.37. The Labute approximate surface area is 134 Å². The highest BCUT2D eigenvalue weighted by atomic mass is 35.5. The molecule has 0 amide bonds. The number of Topliss-reactive ketones (excluding diaryl/α,β-unsaturated/α-hetero) is 1. The average Bonchev–Trinajstić information content (AvgIpc) is 2.80. The topological polar surface area (TPSA) is 47.8 Å². The Balaban J connectivity index is 2.07. The first-order chi connectivity index (χ1) is 9.97. The molecule has 1 heterocycles. The van der Waals surface area contributed by atoms with Gasteiger partial charge in [-0.3, -0.25) is 4.79 Å². The third-order valence-electron chi connectivity index (χ3n) is 3.02. The van der Waals surface area contributed by atoms with E-state index in [-0.39, 0.29) is 18.6 Å². The first-order valence-electron chi connectivity index (χ1n) is 6.78. The molecule has 1 aromatic carbocycles. The third kappa shape index (κ3) is 4.29. The fourth-order valence-corrected chi connectivity index (χ4v) is 2.59. The number of hydrogen-bond donors (Lipinski definition) is 0. The molecule has 0 atom stereocenters. The zero-order chi connectivity index (χ0) is 15.4. The molecule has 0 radical (unpaired) electrons. The zero-order valence-corrected chi connectivity index (χ0v) is 13.5. The summed E-state index contributed by atoms with van der Waals surface area (Å²) in [5.41, 5.74) is 0.667. The molecule has 0 aliphatic rings. The summed E-state index contributed by atoms with van der Waals surface area (Å²) in [4.78, 5) is 16.4. The standard InChI is InChI=1S/C15H17Cl2N3O/c1-10(2)8-20-15(18-9-19-20)7-11(21)6-12-13(16)4-3-5-14(12)17/h3-5,9-10H,6-8H2,1-2H3. The molecule has 0 saturated carbocycles. The molecule has 0 fully saturated rings. The van der Waals surface area contributed by atoms with Gasteiger partial charge >= 0.3 is 0 Å². The molecule has 6 heteroatoms. The van der Waals surface area contributed by atoms with Crippen LogP contribution in [0.4, 0.5) is 0 Å². The second-order valence-corrected chi connectivity index (χ2v) is 6.16. The van der Waals surface area contributed by atoms with Crippen molar-refractivity contribution < 1.29 is 4.79 Å². The van der Waals surface area contributed by atoms with Crippen molar-refractivity contribution in [2.24, 2.45) is 5.92 Å². The lowest BCUT2D eigenvalue weighted by Crippen LogP contribution is -2.15. The fraction of sp³-hybridized carbons (Fsp3) is 0.400. The number of ketones is 1. The number of aromatic nitrogens is 3. The van der Waals surface area contributed by atoms with Gasteiger partial charge in [-0.05, 0) is 23.6 Å². The third-order valence-corrected chi connectivity index (χ3v) is 3.73. The van der Waals surface area contributed by atoms with Gasteiger partial charge in [-0.2, -0.15) is 5.10 Å². The first-order valence-corrected chi connectivity index (χ1v) is 7.54. The minimum Gasteiger partial charge on any atom is -0.299 e. The maximum atomic E-state index is 12.2. The molecular weight excluding hydrogens is 309 g/mol. The summed E-state index contributed by atoms with van der Waals surface area (Å²) in [5, 5.41) is 5.18. The number of carbonyl (C=O) groups is 1. The maximum Gasteiger partial charge on any atom is 0.144 e. The van der Waals surface area contributed by atoms with Crippen molar-refractivity contribution in [2.45, 2.75) is 33.2 Å². The summed E-state index contributed by atoms with van der Waals surface area (Å²) in [7, 11) is 0. The van der Waals surface area contributed by atoms with E-state index in [1.165, 1.54) is 6.33 Å². The number of benzene rings is 1. The number of nitrogens with zero attached hydrogens (tertiary/aromatic N) is 3. The van der Waals surface area contributed by atoms with Crippen molar-refractivity contribution in [1.29, 1.82) is 0 Å². The Morgan fingerprint density at radius 1 is 1.24 bits per heavy atom. The van der Waals surface area contributed by atoms with E-state index in [1.807, 2.05) is 0 Å². The van der Waals surface area contributed by atoms with E-state index >= 15 is 0 Å². The summed E-state index contributed by atoms with van der Waals surface area (Å²) in [5.74, 6) is 1.14. The van der Waals surface area contributed by atoms with Crippen molar-refractivity contribution in [3.63, 3.8) is 0 Å². The summed E-state index contributed by atoms with van der Waals surface area (Å²) in [6.45, 7) is 4.93. The van der Waals surface area contributed by atoms with E-state index in [0.717, 1.165) is 6.54 Å². The van der Waals surface area contributed by atoms with E-state index < -0.39 is 0 Å². The predicted octanol–water partition coefficient (Wildman–Crippen LogP) is 3.60. The van der Waals surface area contributed by atoms with Crippen LogP contribution >= 0.6 is 23.2 Å². The van der Waals surface area contributed by atoms with Gasteiger partial charge < -0.3 is 0 Å². The van der Waals surface area contributed by atoms with Gasteiger partial charge in [0.2, 0.25) is 0 Å². The van der Waals surface area contributed by atoms with Crippen molar-refractivity contribution in [3.05, 3.63) is 46.0 Å². The molecule has 112 valence electrons. The van der Waals surface area contributed by atoms with Crippen LogP contribution in [0, 0.1) is 5.92 Å². The molecule has 0 aliphatic carbocycles. The molecule has 0 unspecified atom stereocenters. The van der Waals surface area contributed by atoms with Crippen LogP contribution in [0.2, 0.25) is 10.0 Å². The molecule has 0 saturated heterocycles. The van der Waals surface area contributed by atoms with E-state index in [1.54, 1.807) is 22.9 Å². The molecule has 21 heavy (non-hydrogen) atoms. The molecule has 0 aliphatic heterocycles. The Morgan fingerprint density at radius 3 is 2.52 bits per heavy atom. The number of carbonyl (C=O) groups excluding carboxylic acids is 1. The van der Waals surface area contributed by atoms with Gasteiger partial charge in [-0.15, -0.1) is 0 Å². The summed E-state index contributed by atoms with van der Waals surface area (Å²) >= 11 is 12.2. The Morgan fingerprint density at radius 2 is 1.90 bits per heavy atom. The van der Waals surface area contributed by atoms with Crippen LogP contribution in [0.15, 0.2) is 24.5 Å². The van der Waals surface area contributed by atoms with Crippen LogP contribution in [-0.2, 0) is 24.2 Å². The second kappa shape index (κ2) is 7.05. The van der Waals surface area contributed by atoms with Gasteiger partial charge in [0.25, 0.3) is 0 Å². The molecule has 4 nitrogen and oxygen atoms in total. The van der Waals surface area contributed by atoms with Crippen molar-refractivity contribution in [2.75, 3.05) is 0 Å². The molecular formula is C15H17Cl2N3O. The highest BCUT2D eigenvalue weighted by Gasteiger charge is 2.15. The van der Waals surface area contributed by atoms with Crippen LogP contribution in [0.5, 0.6) is 0 Å². The van der Waals surface area contributed by atoms with Gasteiger partial charge in [-0.1, -0.05) is 43.1 Å². The lowest BCUT2D eigenvalue weighted by molar-refractivity contribution is -0.117. The van der Waals surface area contributed by atoms with Gasteiger partial charge in [0.05, 0.1) is 6.42 Å². The van der Waals surface area contributed by atoms with Crippen LogP contribution in [-0.4, -0.2) is 20.5 Å². The van der Waals surface area contributed by atoms with E-state index in [2.05, 4.69) is 23.9 Å². The van der Waals surface area contributed by atoms with Crippen LogP contribution in [0.3, 0.4) is 0 Å². The predicted molar refractivity (Wildman–Crippen MR) is 83.7 cm³/mol. The van der Waals surface area contributed by atoms with Crippen LogP contribution < -0.4 is 0 Å². The zero-order valence-electron chi connectivity index (χ0n) is 12.0. The van der Waals surface area contributed by atoms with Gasteiger partial charge in [0, 0.05) is 23.0 Å². The summed E-state index contributed by atoms with van der Waals surface area (Å²) < 4.78 is 1.77. The van der Waals surface area contributed by atoms with Crippen molar-refractivity contribution in [1.82, 2.24) is 14.8 Å².